The van der Waals surface area contributed by atoms with Crippen molar-refractivity contribution in [3.63, 3.8) is 0 Å². The zero-order valence-electron chi connectivity index (χ0n) is 10.8. The van der Waals surface area contributed by atoms with E-state index in [0.29, 0.717) is 16.3 Å². The summed E-state index contributed by atoms with van der Waals surface area (Å²) in [7, 11) is 0. The molecule has 5 heteroatoms. The summed E-state index contributed by atoms with van der Waals surface area (Å²) in [5.41, 5.74) is 0.578. The quantitative estimate of drug-likeness (QED) is 0.789. The first-order chi connectivity index (χ1) is 9.04. The highest BCUT2D eigenvalue weighted by atomic mass is 35.5. The average molecular weight is 279 g/mol. The molecule has 0 spiro atoms. The van der Waals surface area contributed by atoms with E-state index in [9.17, 15) is 4.79 Å². The molecule has 0 aliphatic heterocycles. The summed E-state index contributed by atoms with van der Waals surface area (Å²) in [6.45, 7) is 4.05. The molecule has 4 nitrogen and oxygen atoms in total. The van der Waals surface area contributed by atoms with Crippen molar-refractivity contribution in [3.05, 3.63) is 47.2 Å². The number of nitrogens with zero attached hydrogens (tertiary/aromatic N) is 2. The van der Waals surface area contributed by atoms with Crippen molar-refractivity contribution >= 4 is 17.4 Å². The lowest BCUT2D eigenvalue weighted by atomic mass is 10.1. The third kappa shape index (κ3) is 3.83. The SMILES string of the molecule is CC(C)Oc1cnn(CC(=O)c2cccc(Cl)c2)c1. The lowest BCUT2D eigenvalue weighted by Crippen LogP contribution is -2.10. The molecule has 0 N–H and O–H groups in total. The number of Topliss-reactive ketones (excluding diaryl/α,β-unsaturated/α-hetero) is 1. The van der Waals surface area contributed by atoms with Gasteiger partial charge in [-0.1, -0.05) is 23.7 Å². The zero-order valence-corrected chi connectivity index (χ0v) is 11.6. The molecule has 1 aromatic carbocycles. The van der Waals surface area contributed by atoms with Crippen molar-refractivity contribution in [1.82, 2.24) is 9.78 Å². The topological polar surface area (TPSA) is 44.1 Å². The van der Waals surface area contributed by atoms with Gasteiger partial charge in [0.15, 0.2) is 11.5 Å². The largest absolute Gasteiger partial charge is 0.488 e. The van der Waals surface area contributed by atoms with Crippen LogP contribution in [0, 0.1) is 0 Å². The van der Waals surface area contributed by atoms with Crippen LogP contribution in [-0.4, -0.2) is 21.7 Å². The molecular formula is C14H15ClN2O2. The van der Waals surface area contributed by atoms with Crippen LogP contribution in [0.1, 0.15) is 24.2 Å². The van der Waals surface area contributed by atoms with Crippen LogP contribution in [0.15, 0.2) is 36.7 Å². The summed E-state index contributed by atoms with van der Waals surface area (Å²) in [5.74, 6) is 0.621. The highest BCUT2D eigenvalue weighted by Crippen LogP contribution is 2.14. The average Bonchev–Trinajstić information content (AvgIpc) is 2.75. The standard InChI is InChI=1S/C14H15ClN2O2/c1-10(2)19-13-7-16-17(8-13)9-14(18)11-4-3-5-12(15)6-11/h3-8,10H,9H2,1-2H3. The van der Waals surface area contributed by atoms with Crippen molar-refractivity contribution in [2.24, 2.45) is 0 Å². The van der Waals surface area contributed by atoms with Crippen LogP contribution in [-0.2, 0) is 6.54 Å². The molecule has 2 aromatic rings. The van der Waals surface area contributed by atoms with Crippen LogP contribution in [0.2, 0.25) is 5.02 Å². The number of carbonyl (C=O) groups is 1. The van der Waals surface area contributed by atoms with Gasteiger partial charge in [0.1, 0.15) is 6.54 Å². The Labute approximate surface area is 116 Å². The van der Waals surface area contributed by atoms with Gasteiger partial charge in [-0.15, -0.1) is 0 Å². The summed E-state index contributed by atoms with van der Waals surface area (Å²) in [6.07, 6.45) is 3.40. The Morgan fingerprint density at radius 3 is 2.95 bits per heavy atom. The number of halogens is 1. The highest BCUT2D eigenvalue weighted by Gasteiger charge is 2.09. The van der Waals surface area contributed by atoms with Crippen LogP contribution >= 0.6 is 11.6 Å². The van der Waals surface area contributed by atoms with E-state index in [4.69, 9.17) is 16.3 Å². The summed E-state index contributed by atoms with van der Waals surface area (Å²) in [6, 6.07) is 6.88. The summed E-state index contributed by atoms with van der Waals surface area (Å²) in [5, 5.41) is 4.65. The summed E-state index contributed by atoms with van der Waals surface area (Å²) < 4.78 is 7.04. The predicted molar refractivity (Wildman–Crippen MR) is 73.8 cm³/mol. The first kappa shape index (κ1) is 13.6. The van der Waals surface area contributed by atoms with Crippen molar-refractivity contribution in [2.45, 2.75) is 26.5 Å². The van der Waals surface area contributed by atoms with Gasteiger partial charge in [-0.25, -0.2) is 0 Å². The molecule has 100 valence electrons. The number of ketones is 1. The van der Waals surface area contributed by atoms with E-state index >= 15 is 0 Å². The van der Waals surface area contributed by atoms with Crippen molar-refractivity contribution in [2.75, 3.05) is 0 Å². The van der Waals surface area contributed by atoms with Gasteiger partial charge in [-0.05, 0) is 26.0 Å². The number of hydrogen-bond acceptors (Lipinski definition) is 3. The van der Waals surface area contributed by atoms with Crippen molar-refractivity contribution < 1.29 is 9.53 Å². The highest BCUT2D eigenvalue weighted by molar-refractivity contribution is 6.31. The molecule has 0 atom stereocenters. The number of aromatic nitrogens is 2. The van der Waals surface area contributed by atoms with Crippen LogP contribution in [0.4, 0.5) is 0 Å². The molecule has 0 bridgehead atoms. The van der Waals surface area contributed by atoms with E-state index in [1.165, 1.54) is 0 Å². The molecule has 0 unspecified atom stereocenters. The molecular weight excluding hydrogens is 264 g/mol. The molecule has 19 heavy (non-hydrogen) atoms. The normalized spacial score (nSPS) is 10.7. The van der Waals surface area contributed by atoms with Crippen LogP contribution in [0.25, 0.3) is 0 Å². The maximum absolute atomic E-state index is 12.0. The van der Waals surface area contributed by atoms with Crippen molar-refractivity contribution in [1.29, 1.82) is 0 Å². The third-order valence-electron chi connectivity index (χ3n) is 2.43. The van der Waals surface area contributed by atoms with Gasteiger partial charge < -0.3 is 4.74 Å². The predicted octanol–water partition coefficient (Wildman–Crippen LogP) is 3.21. The van der Waals surface area contributed by atoms with Gasteiger partial charge in [0.25, 0.3) is 0 Å². The Hall–Kier alpha value is -1.81. The lowest BCUT2D eigenvalue weighted by molar-refractivity contribution is 0.0967. The first-order valence-corrected chi connectivity index (χ1v) is 6.40. The van der Waals surface area contributed by atoms with Crippen LogP contribution < -0.4 is 4.74 Å². The van der Waals surface area contributed by atoms with Gasteiger partial charge in [-0.3, -0.25) is 9.48 Å². The maximum Gasteiger partial charge on any atom is 0.184 e. The van der Waals surface area contributed by atoms with Gasteiger partial charge >= 0.3 is 0 Å². The third-order valence-corrected chi connectivity index (χ3v) is 2.67. The van der Waals surface area contributed by atoms with Crippen LogP contribution in [0.3, 0.4) is 0 Å². The monoisotopic (exact) mass is 278 g/mol. The van der Waals surface area contributed by atoms with Gasteiger partial charge in [0.05, 0.1) is 18.5 Å². The van der Waals surface area contributed by atoms with E-state index in [-0.39, 0.29) is 18.4 Å². The van der Waals surface area contributed by atoms with Crippen LogP contribution in [0.5, 0.6) is 5.75 Å². The Kier molecular flexibility index (Phi) is 4.22. The van der Waals surface area contributed by atoms with Gasteiger partial charge in [-0.2, -0.15) is 5.10 Å². The Bertz CT molecular complexity index is 578. The minimum absolute atomic E-state index is 0.0401. The molecule has 2 rings (SSSR count). The van der Waals surface area contributed by atoms with E-state index in [1.54, 1.807) is 41.3 Å². The number of benzene rings is 1. The Morgan fingerprint density at radius 2 is 2.26 bits per heavy atom. The smallest absolute Gasteiger partial charge is 0.184 e. The molecule has 0 fully saturated rings. The number of rotatable bonds is 5. The second kappa shape index (κ2) is 5.89. The molecule has 0 aliphatic rings. The molecule has 0 radical (unpaired) electrons. The Balaban J connectivity index is 2.05. The summed E-state index contributed by atoms with van der Waals surface area (Å²) in [4.78, 5) is 12.0. The summed E-state index contributed by atoms with van der Waals surface area (Å²) >= 11 is 5.86. The zero-order chi connectivity index (χ0) is 13.8. The maximum atomic E-state index is 12.0. The van der Waals surface area contributed by atoms with Gasteiger partial charge in [0.2, 0.25) is 0 Å². The molecule has 0 saturated heterocycles. The van der Waals surface area contributed by atoms with Gasteiger partial charge in [0, 0.05) is 10.6 Å². The van der Waals surface area contributed by atoms with E-state index in [1.807, 2.05) is 13.8 Å². The molecule has 0 aliphatic carbocycles. The van der Waals surface area contributed by atoms with E-state index in [2.05, 4.69) is 5.10 Å². The fourth-order valence-corrected chi connectivity index (χ4v) is 1.85. The number of carbonyl (C=O) groups excluding carboxylic acids is 1. The second-order valence-electron chi connectivity index (χ2n) is 4.47. The second-order valence-corrected chi connectivity index (χ2v) is 4.91. The first-order valence-electron chi connectivity index (χ1n) is 6.02. The van der Waals surface area contributed by atoms with E-state index in [0.717, 1.165) is 0 Å². The van der Waals surface area contributed by atoms with E-state index < -0.39 is 0 Å². The molecule has 1 aromatic heterocycles. The lowest BCUT2D eigenvalue weighted by Gasteiger charge is -2.05. The molecule has 0 saturated carbocycles. The number of ether oxygens (including phenoxy) is 1. The van der Waals surface area contributed by atoms with Crippen molar-refractivity contribution in [3.8, 4) is 5.75 Å². The Morgan fingerprint density at radius 1 is 1.47 bits per heavy atom. The molecule has 1 heterocycles. The minimum atomic E-state index is -0.0401. The minimum Gasteiger partial charge on any atom is -0.488 e. The fourth-order valence-electron chi connectivity index (χ4n) is 1.66. The number of hydrogen-bond donors (Lipinski definition) is 0. The fraction of sp³-hybridized carbons (Fsp3) is 0.286. The molecule has 0 amide bonds.